The van der Waals surface area contributed by atoms with Crippen molar-refractivity contribution in [3.8, 4) is 0 Å². The van der Waals surface area contributed by atoms with Crippen LogP contribution in [0.1, 0.15) is 38.7 Å². The topological polar surface area (TPSA) is 24.1 Å². The van der Waals surface area contributed by atoms with Crippen LogP contribution in [0.15, 0.2) is 30.3 Å². The van der Waals surface area contributed by atoms with Crippen molar-refractivity contribution in [3.63, 3.8) is 0 Å². The van der Waals surface area contributed by atoms with Gasteiger partial charge in [-0.3, -0.25) is 0 Å². The minimum atomic E-state index is 0.537. The molecule has 3 atom stereocenters. The number of hydrogen-bond acceptors (Lipinski definition) is 1. The predicted octanol–water partition coefficient (Wildman–Crippen LogP) is 3.52. The molecule has 0 aromatic heterocycles. The van der Waals surface area contributed by atoms with E-state index in [1.165, 1.54) is 24.8 Å². The van der Waals surface area contributed by atoms with Crippen LogP contribution in [0.5, 0.6) is 0 Å². The molecule has 1 aromatic carbocycles. The summed E-state index contributed by atoms with van der Waals surface area (Å²) in [6.07, 6.45) is 4.93. The molecule has 1 aromatic rings. The number of rotatable bonds is 4. The van der Waals surface area contributed by atoms with E-state index in [1.807, 2.05) is 0 Å². The van der Waals surface area contributed by atoms with Crippen LogP contribution in [0.4, 0.5) is 0 Å². The van der Waals surface area contributed by atoms with Crippen LogP contribution in [0.25, 0.3) is 0 Å². The summed E-state index contributed by atoms with van der Waals surface area (Å²) < 4.78 is 0. The van der Waals surface area contributed by atoms with Crippen LogP contribution in [0.3, 0.4) is 0 Å². The Balaban J connectivity index is 1.70. The number of benzene rings is 1. The minimum Gasteiger partial charge on any atom is -0.362 e. The van der Waals surface area contributed by atoms with Crippen molar-refractivity contribution in [1.29, 1.82) is 0 Å². The third kappa shape index (κ3) is 4.48. The van der Waals surface area contributed by atoms with Gasteiger partial charge in [0.1, 0.15) is 0 Å². The molecular formula is C17H26N2S. The molecule has 0 saturated heterocycles. The molecule has 0 spiro atoms. The molecule has 20 heavy (non-hydrogen) atoms. The van der Waals surface area contributed by atoms with Crippen LogP contribution in [0, 0.1) is 11.8 Å². The molecule has 0 bridgehead atoms. The Kier molecular flexibility index (Phi) is 5.84. The number of hydrogen-bond donors (Lipinski definition) is 2. The molecule has 1 aliphatic carbocycles. The van der Waals surface area contributed by atoms with Gasteiger partial charge in [0.05, 0.1) is 0 Å². The molecule has 0 amide bonds. The van der Waals surface area contributed by atoms with Crippen LogP contribution in [0.2, 0.25) is 0 Å². The molecule has 0 unspecified atom stereocenters. The lowest BCUT2D eigenvalue weighted by atomic mass is 9.78. The summed E-state index contributed by atoms with van der Waals surface area (Å²) in [5, 5.41) is 7.65. The van der Waals surface area contributed by atoms with Crippen LogP contribution >= 0.6 is 12.2 Å². The summed E-state index contributed by atoms with van der Waals surface area (Å²) in [5.41, 5.74) is 1.35. The van der Waals surface area contributed by atoms with E-state index in [2.05, 4.69) is 54.8 Å². The van der Waals surface area contributed by atoms with Gasteiger partial charge in [-0.2, -0.15) is 0 Å². The Labute approximate surface area is 128 Å². The van der Waals surface area contributed by atoms with Crippen molar-refractivity contribution < 1.29 is 0 Å². The zero-order valence-electron chi connectivity index (χ0n) is 12.6. The summed E-state index contributed by atoms with van der Waals surface area (Å²) in [4.78, 5) is 0. The molecule has 2 N–H and O–H groups in total. The maximum Gasteiger partial charge on any atom is 0.166 e. The highest BCUT2D eigenvalue weighted by atomic mass is 32.1. The second kappa shape index (κ2) is 7.63. The second-order valence-electron chi connectivity index (χ2n) is 6.01. The molecule has 0 radical (unpaired) electrons. The van der Waals surface area contributed by atoms with E-state index in [0.717, 1.165) is 24.0 Å². The zero-order valence-corrected chi connectivity index (χ0v) is 13.4. The second-order valence-corrected chi connectivity index (χ2v) is 6.42. The molecule has 3 heteroatoms. The molecule has 2 rings (SSSR count). The van der Waals surface area contributed by atoms with Gasteiger partial charge in [-0.1, -0.05) is 57.0 Å². The molecule has 1 aliphatic rings. The van der Waals surface area contributed by atoms with Gasteiger partial charge in [0.2, 0.25) is 0 Å². The molecule has 2 nitrogen and oxygen atoms in total. The first-order valence-corrected chi connectivity index (χ1v) is 8.16. The van der Waals surface area contributed by atoms with Crippen molar-refractivity contribution in [1.82, 2.24) is 10.6 Å². The predicted molar refractivity (Wildman–Crippen MR) is 89.8 cm³/mol. The number of nitrogens with one attached hydrogen (secondary N) is 2. The van der Waals surface area contributed by atoms with Crippen molar-refractivity contribution >= 4 is 17.3 Å². The van der Waals surface area contributed by atoms with E-state index in [0.29, 0.717) is 12.0 Å². The highest BCUT2D eigenvalue weighted by molar-refractivity contribution is 7.80. The monoisotopic (exact) mass is 290 g/mol. The van der Waals surface area contributed by atoms with Gasteiger partial charge in [0.15, 0.2) is 5.11 Å². The third-order valence-electron chi connectivity index (χ3n) is 4.57. The van der Waals surface area contributed by atoms with Crippen LogP contribution in [-0.4, -0.2) is 17.7 Å². The first-order valence-electron chi connectivity index (χ1n) is 7.75. The fourth-order valence-electron chi connectivity index (χ4n) is 2.97. The summed E-state index contributed by atoms with van der Waals surface area (Å²) >= 11 is 5.42. The van der Waals surface area contributed by atoms with E-state index in [1.54, 1.807) is 0 Å². The number of thiocarbonyl (C=S) groups is 1. The third-order valence-corrected chi connectivity index (χ3v) is 4.83. The first-order chi connectivity index (χ1) is 9.66. The fourth-order valence-corrected chi connectivity index (χ4v) is 3.22. The molecule has 1 saturated carbocycles. The van der Waals surface area contributed by atoms with Crippen molar-refractivity contribution in [3.05, 3.63) is 35.9 Å². The molecular weight excluding hydrogens is 264 g/mol. The van der Waals surface area contributed by atoms with Gasteiger partial charge < -0.3 is 10.6 Å². The molecule has 0 heterocycles. The average Bonchev–Trinajstić information content (AvgIpc) is 2.45. The van der Waals surface area contributed by atoms with Crippen molar-refractivity contribution in [2.24, 2.45) is 11.8 Å². The average molecular weight is 290 g/mol. The Morgan fingerprint density at radius 3 is 2.70 bits per heavy atom. The lowest BCUT2D eigenvalue weighted by Crippen LogP contribution is -2.48. The Morgan fingerprint density at radius 2 is 1.95 bits per heavy atom. The molecule has 0 aliphatic heterocycles. The smallest absolute Gasteiger partial charge is 0.166 e. The largest absolute Gasteiger partial charge is 0.362 e. The summed E-state index contributed by atoms with van der Waals surface area (Å²) in [6, 6.07) is 11.1. The maximum absolute atomic E-state index is 5.42. The Morgan fingerprint density at radius 1 is 1.20 bits per heavy atom. The SMILES string of the molecule is C[C@@H]1[C@H](C)CCC[C@@H]1NC(=S)NCCc1ccccc1. The maximum atomic E-state index is 5.42. The van der Waals surface area contributed by atoms with Gasteiger partial charge >= 0.3 is 0 Å². The lowest BCUT2D eigenvalue weighted by Gasteiger charge is -2.35. The van der Waals surface area contributed by atoms with E-state index in [-0.39, 0.29) is 0 Å². The molecule has 1 fully saturated rings. The van der Waals surface area contributed by atoms with Crippen LogP contribution in [-0.2, 0) is 6.42 Å². The van der Waals surface area contributed by atoms with Crippen molar-refractivity contribution in [2.45, 2.75) is 45.6 Å². The van der Waals surface area contributed by atoms with E-state index in [4.69, 9.17) is 12.2 Å². The summed E-state index contributed by atoms with van der Waals surface area (Å²) in [5.74, 6) is 1.51. The van der Waals surface area contributed by atoms with E-state index in [9.17, 15) is 0 Å². The van der Waals surface area contributed by atoms with E-state index < -0.39 is 0 Å². The highest BCUT2D eigenvalue weighted by Gasteiger charge is 2.27. The quantitative estimate of drug-likeness (QED) is 0.830. The van der Waals surface area contributed by atoms with Gasteiger partial charge in [-0.15, -0.1) is 0 Å². The zero-order chi connectivity index (χ0) is 14.4. The van der Waals surface area contributed by atoms with Gasteiger partial charge in [0, 0.05) is 12.6 Å². The van der Waals surface area contributed by atoms with E-state index >= 15 is 0 Å². The lowest BCUT2D eigenvalue weighted by molar-refractivity contribution is 0.224. The minimum absolute atomic E-state index is 0.537. The fraction of sp³-hybridized carbons (Fsp3) is 0.588. The summed E-state index contributed by atoms with van der Waals surface area (Å²) in [6.45, 7) is 5.59. The van der Waals surface area contributed by atoms with Gasteiger partial charge in [-0.05, 0) is 42.5 Å². The highest BCUT2D eigenvalue weighted by Crippen LogP contribution is 2.29. The normalized spacial score (nSPS) is 26.0. The standard InChI is InChI=1S/C17H26N2S/c1-13-7-6-10-16(14(13)2)19-17(20)18-12-11-15-8-4-3-5-9-15/h3-5,8-9,13-14,16H,6-7,10-12H2,1-2H3,(H2,18,19,20)/t13-,14-,16+/m1/s1. The summed E-state index contributed by atoms with van der Waals surface area (Å²) in [7, 11) is 0. The Bertz CT molecular complexity index is 418. The van der Waals surface area contributed by atoms with Gasteiger partial charge in [-0.25, -0.2) is 0 Å². The van der Waals surface area contributed by atoms with Crippen molar-refractivity contribution in [2.75, 3.05) is 6.54 Å². The molecule has 110 valence electrons. The van der Waals surface area contributed by atoms with Crippen LogP contribution < -0.4 is 10.6 Å². The van der Waals surface area contributed by atoms with Gasteiger partial charge in [0.25, 0.3) is 0 Å². The Hall–Kier alpha value is -1.09. The first kappa shape index (κ1) is 15.3.